The van der Waals surface area contributed by atoms with E-state index in [9.17, 15) is 4.39 Å². The first-order valence-corrected chi connectivity index (χ1v) is 5.93. The van der Waals surface area contributed by atoms with Gasteiger partial charge < -0.3 is 5.32 Å². The molecule has 0 aromatic carbocycles. The van der Waals surface area contributed by atoms with Crippen LogP contribution in [0.4, 0.5) is 10.1 Å². The Morgan fingerprint density at radius 1 is 1.33 bits per heavy atom. The minimum atomic E-state index is -0.401. The molecule has 0 radical (unpaired) electrons. The highest BCUT2D eigenvalue weighted by Crippen LogP contribution is 2.14. The molecule has 18 heavy (non-hydrogen) atoms. The molecule has 0 saturated heterocycles. The Balaban J connectivity index is 2.03. The minimum absolute atomic E-state index is 0.299. The lowest BCUT2D eigenvalue weighted by Gasteiger charge is -2.04. The monoisotopic (exact) mass is 251 g/mol. The van der Waals surface area contributed by atoms with Crippen LogP contribution >= 0.6 is 0 Å². The summed E-state index contributed by atoms with van der Waals surface area (Å²) in [5.74, 6) is 0. The third-order valence-corrected chi connectivity index (χ3v) is 2.82. The lowest BCUT2D eigenvalue weighted by molar-refractivity contribution is 0.426. The molecular weight excluding hydrogens is 233 g/mol. The summed E-state index contributed by atoms with van der Waals surface area (Å²) in [5.41, 5.74) is 3.91. The van der Waals surface area contributed by atoms with E-state index >= 15 is 0 Å². The molecule has 0 amide bonds. The van der Waals surface area contributed by atoms with Crippen LogP contribution in [-0.2, 0) is 20.1 Å². The summed E-state index contributed by atoms with van der Waals surface area (Å²) in [7, 11) is 1.92. The number of anilines is 1. The molecule has 2 aromatic heterocycles. The van der Waals surface area contributed by atoms with Crippen molar-refractivity contribution in [2.75, 3.05) is 12.0 Å². The van der Waals surface area contributed by atoms with Gasteiger partial charge in [0.1, 0.15) is 6.67 Å². The van der Waals surface area contributed by atoms with Crippen molar-refractivity contribution in [3.8, 4) is 0 Å². The van der Waals surface area contributed by atoms with Crippen LogP contribution in [0.15, 0.2) is 12.3 Å². The number of alkyl halides is 1. The molecular formula is C12H18FN5. The average Bonchev–Trinajstić information content (AvgIpc) is 2.80. The van der Waals surface area contributed by atoms with Gasteiger partial charge >= 0.3 is 0 Å². The van der Waals surface area contributed by atoms with E-state index in [2.05, 4.69) is 15.5 Å². The molecule has 0 unspecified atom stereocenters. The molecule has 2 rings (SSSR count). The fourth-order valence-electron chi connectivity index (χ4n) is 1.91. The van der Waals surface area contributed by atoms with Crippen molar-refractivity contribution in [3.05, 3.63) is 29.3 Å². The predicted molar refractivity (Wildman–Crippen MR) is 68.2 cm³/mol. The summed E-state index contributed by atoms with van der Waals surface area (Å²) in [6, 6.07) is 2.04. The maximum absolute atomic E-state index is 12.2. The fourth-order valence-corrected chi connectivity index (χ4v) is 1.91. The maximum Gasteiger partial charge on any atom is 0.109 e. The number of nitrogens with one attached hydrogen (secondary N) is 1. The van der Waals surface area contributed by atoms with Crippen molar-refractivity contribution in [1.82, 2.24) is 19.6 Å². The first-order valence-electron chi connectivity index (χ1n) is 5.93. The van der Waals surface area contributed by atoms with Gasteiger partial charge in [-0.1, -0.05) is 0 Å². The zero-order valence-corrected chi connectivity index (χ0v) is 10.9. The molecule has 0 aliphatic carbocycles. The summed E-state index contributed by atoms with van der Waals surface area (Å²) < 4.78 is 15.7. The van der Waals surface area contributed by atoms with Crippen LogP contribution in [0, 0.1) is 13.8 Å². The Morgan fingerprint density at radius 2 is 2.11 bits per heavy atom. The number of aryl methyl sites for hydroxylation is 4. The molecule has 98 valence electrons. The zero-order valence-electron chi connectivity index (χ0n) is 10.9. The van der Waals surface area contributed by atoms with Crippen molar-refractivity contribution in [2.45, 2.75) is 26.9 Å². The van der Waals surface area contributed by atoms with Gasteiger partial charge in [0.2, 0.25) is 0 Å². The molecule has 0 fully saturated rings. The van der Waals surface area contributed by atoms with Crippen molar-refractivity contribution in [1.29, 1.82) is 0 Å². The Labute approximate surface area is 106 Å². The predicted octanol–water partition coefficient (Wildman–Crippen LogP) is 1.82. The highest BCUT2D eigenvalue weighted by molar-refractivity contribution is 5.45. The quantitative estimate of drug-likeness (QED) is 0.881. The third-order valence-electron chi connectivity index (χ3n) is 2.82. The van der Waals surface area contributed by atoms with E-state index in [4.69, 9.17) is 0 Å². The van der Waals surface area contributed by atoms with Crippen LogP contribution in [0.5, 0.6) is 0 Å². The van der Waals surface area contributed by atoms with Crippen molar-refractivity contribution in [3.63, 3.8) is 0 Å². The summed E-state index contributed by atoms with van der Waals surface area (Å²) in [4.78, 5) is 0. The second kappa shape index (κ2) is 5.20. The highest BCUT2D eigenvalue weighted by atomic mass is 19.1. The second-order valence-corrected chi connectivity index (χ2v) is 4.33. The molecule has 0 aliphatic heterocycles. The normalized spacial score (nSPS) is 10.9. The Bertz CT molecular complexity index is 529. The second-order valence-electron chi connectivity index (χ2n) is 4.33. The van der Waals surface area contributed by atoms with Crippen LogP contribution in [-0.4, -0.2) is 26.2 Å². The molecule has 6 heteroatoms. The summed E-state index contributed by atoms with van der Waals surface area (Å²) in [6.45, 7) is 4.45. The largest absolute Gasteiger partial charge is 0.377 e. The number of hydrogen-bond donors (Lipinski definition) is 1. The molecule has 5 nitrogen and oxygen atoms in total. The zero-order chi connectivity index (χ0) is 13.1. The van der Waals surface area contributed by atoms with Gasteiger partial charge in [0, 0.05) is 13.2 Å². The van der Waals surface area contributed by atoms with Crippen molar-refractivity contribution < 1.29 is 4.39 Å². The highest BCUT2D eigenvalue weighted by Gasteiger charge is 2.06. The molecule has 0 spiro atoms. The molecule has 1 N–H and O–H groups in total. The Kier molecular flexibility index (Phi) is 3.64. The van der Waals surface area contributed by atoms with Crippen LogP contribution < -0.4 is 5.32 Å². The number of aromatic nitrogens is 4. The van der Waals surface area contributed by atoms with Gasteiger partial charge in [-0.2, -0.15) is 10.2 Å². The maximum atomic E-state index is 12.2. The number of hydrogen-bond acceptors (Lipinski definition) is 3. The van der Waals surface area contributed by atoms with Gasteiger partial charge in [-0.05, 0) is 19.9 Å². The van der Waals surface area contributed by atoms with E-state index in [-0.39, 0.29) is 0 Å². The Morgan fingerprint density at radius 3 is 2.72 bits per heavy atom. The van der Waals surface area contributed by atoms with E-state index in [0.29, 0.717) is 13.1 Å². The Hall–Kier alpha value is -1.85. The smallest absolute Gasteiger partial charge is 0.109 e. The number of halogens is 1. The molecule has 2 heterocycles. The molecule has 2 aromatic rings. The molecule has 0 bridgehead atoms. The topological polar surface area (TPSA) is 47.7 Å². The summed E-state index contributed by atoms with van der Waals surface area (Å²) >= 11 is 0. The van der Waals surface area contributed by atoms with Crippen molar-refractivity contribution >= 4 is 5.69 Å². The minimum Gasteiger partial charge on any atom is -0.377 e. The van der Waals surface area contributed by atoms with Gasteiger partial charge in [-0.15, -0.1) is 0 Å². The van der Waals surface area contributed by atoms with E-state index < -0.39 is 6.67 Å². The third kappa shape index (κ3) is 2.69. The lowest BCUT2D eigenvalue weighted by atomic mass is 10.3. The van der Waals surface area contributed by atoms with Gasteiger partial charge in [0.25, 0.3) is 0 Å². The van der Waals surface area contributed by atoms with Crippen LogP contribution in [0.2, 0.25) is 0 Å². The molecule has 0 aliphatic rings. The van der Waals surface area contributed by atoms with Crippen LogP contribution in [0.25, 0.3) is 0 Å². The first-order chi connectivity index (χ1) is 8.60. The summed E-state index contributed by atoms with van der Waals surface area (Å²) in [5, 5.41) is 11.8. The van der Waals surface area contributed by atoms with E-state index in [1.54, 1.807) is 4.68 Å². The van der Waals surface area contributed by atoms with Crippen LogP contribution in [0.1, 0.15) is 17.1 Å². The lowest BCUT2D eigenvalue weighted by Crippen LogP contribution is -2.05. The molecule has 0 atom stereocenters. The van der Waals surface area contributed by atoms with Gasteiger partial charge in [0.05, 0.1) is 35.9 Å². The van der Waals surface area contributed by atoms with Gasteiger partial charge in [-0.25, -0.2) is 4.39 Å². The van der Waals surface area contributed by atoms with E-state index in [1.165, 1.54) is 0 Å². The standard InChI is InChI=1S/C12H18FN5/c1-9-6-11(17(3)15-9)7-14-12-8-18(5-4-13)16-10(12)2/h6,8,14H,4-5,7H2,1-3H3. The van der Waals surface area contributed by atoms with Crippen molar-refractivity contribution in [2.24, 2.45) is 7.05 Å². The van der Waals surface area contributed by atoms with E-state index in [0.717, 1.165) is 22.8 Å². The number of rotatable bonds is 5. The van der Waals surface area contributed by atoms with Crippen LogP contribution in [0.3, 0.4) is 0 Å². The average molecular weight is 251 g/mol. The SMILES string of the molecule is Cc1cc(CNc2cn(CCF)nc2C)n(C)n1. The summed E-state index contributed by atoms with van der Waals surface area (Å²) in [6.07, 6.45) is 1.83. The fraction of sp³-hybridized carbons (Fsp3) is 0.500. The first kappa shape index (κ1) is 12.6. The number of nitrogens with zero attached hydrogens (tertiary/aromatic N) is 4. The van der Waals surface area contributed by atoms with Gasteiger partial charge in [-0.3, -0.25) is 9.36 Å². The van der Waals surface area contributed by atoms with E-state index in [1.807, 2.05) is 37.8 Å². The molecule has 0 saturated carbocycles. The van der Waals surface area contributed by atoms with Gasteiger partial charge in [0.15, 0.2) is 0 Å².